The van der Waals surface area contributed by atoms with Gasteiger partial charge in [0.15, 0.2) is 0 Å². The predicted octanol–water partition coefficient (Wildman–Crippen LogP) is 5.06. The van der Waals surface area contributed by atoms with Gasteiger partial charge in [-0.1, -0.05) is 45.0 Å². The van der Waals surface area contributed by atoms with Gasteiger partial charge in [0.25, 0.3) is 0 Å². The molecule has 178 valence electrons. The van der Waals surface area contributed by atoms with Crippen molar-refractivity contribution in [1.82, 2.24) is 9.88 Å². The van der Waals surface area contributed by atoms with Crippen LogP contribution in [0.3, 0.4) is 0 Å². The van der Waals surface area contributed by atoms with Crippen molar-refractivity contribution < 1.29 is 29.3 Å². The Morgan fingerprint density at radius 2 is 1.71 bits per heavy atom. The summed E-state index contributed by atoms with van der Waals surface area (Å²) in [6.07, 6.45) is -0.0107. The van der Waals surface area contributed by atoms with Crippen LogP contribution in [-0.2, 0) is 16.1 Å². The van der Waals surface area contributed by atoms with Crippen LogP contribution in [0.4, 0.5) is 4.79 Å². The third-order valence-electron chi connectivity index (χ3n) is 5.42. The van der Waals surface area contributed by atoms with Crippen molar-refractivity contribution in [3.05, 3.63) is 65.7 Å². The fourth-order valence-corrected chi connectivity index (χ4v) is 3.74. The summed E-state index contributed by atoms with van der Waals surface area (Å²) in [5, 5.41) is 19.6. The lowest BCUT2D eigenvalue weighted by Crippen LogP contribution is -2.47. The molecule has 1 atom stereocenters. The number of ether oxygens (including phenoxy) is 1. The Morgan fingerprint density at radius 3 is 2.29 bits per heavy atom. The number of fused-ring (bicyclic) bond motifs is 1. The summed E-state index contributed by atoms with van der Waals surface area (Å²) in [5.41, 5.74) is 3.18. The number of aromatic nitrogens is 1. The van der Waals surface area contributed by atoms with Crippen molar-refractivity contribution in [3.8, 4) is 11.3 Å². The largest absolute Gasteiger partial charge is 0.480 e. The highest BCUT2D eigenvalue weighted by Gasteiger charge is 2.33. The summed E-state index contributed by atoms with van der Waals surface area (Å²) in [4.78, 5) is 41.6. The maximum Gasteiger partial charge on any atom is 0.410 e. The fourth-order valence-electron chi connectivity index (χ4n) is 3.74. The number of carboxylic acids is 2. The van der Waals surface area contributed by atoms with Gasteiger partial charge in [-0.15, -0.1) is 0 Å². The number of hydrogen-bond acceptors (Lipinski definition) is 5. The normalized spacial score (nSPS) is 11.9. The van der Waals surface area contributed by atoms with E-state index in [0.29, 0.717) is 12.1 Å². The first-order chi connectivity index (χ1) is 16.2. The van der Waals surface area contributed by atoms with Crippen LogP contribution in [0.1, 0.15) is 43.1 Å². The van der Waals surface area contributed by atoms with E-state index in [9.17, 15) is 19.5 Å². The molecule has 0 saturated carbocycles. The number of carboxylic acid groups (broad SMARTS) is 2. The van der Waals surface area contributed by atoms with Crippen LogP contribution in [-0.4, -0.2) is 50.8 Å². The van der Waals surface area contributed by atoms with Crippen LogP contribution >= 0.6 is 0 Å². The molecule has 34 heavy (non-hydrogen) atoms. The zero-order valence-electron chi connectivity index (χ0n) is 19.4. The van der Waals surface area contributed by atoms with Gasteiger partial charge in [0.1, 0.15) is 6.04 Å². The standard InChI is InChI=1S/C26H28N2O6/c1-4-13-34-26(33)28(23(16(2)3)25(31)32)15-17-5-11-22-20(14-17)10-12-21(27-22)18-6-8-19(9-7-18)24(29)30/h5-12,14,16,23H,4,13,15H2,1-3H3,(H,29,30)(H,31,32). The Hall–Kier alpha value is -3.94. The lowest BCUT2D eigenvalue weighted by atomic mass is 10.0. The molecule has 0 aliphatic carbocycles. The van der Waals surface area contributed by atoms with E-state index in [-0.39, 0.29) is 24.6 Å². The van der Waals surface area contributed by atoms with Gasteiger partial charge in [-0.3, -0.25) is 4.90 Å². The molecule has 0 radical (unpaired) electrons. The number of aromatic carboxylic acids is 1. The topological polar surface area (TPSA) is 117 Å². The monoisotopic (exact) mass is 464 g/mol. The van der Waals surface area contributed by atoms with E-state index < -0.39 is 24.1 Å². The molecule has 3 rings (SSSR count). The molecule has 1 aromatic heterocycles. The molecule has 8 heteroatoms. The first-order valence-electron chi connectivity index (χ1n) is 11.1. The van der Waals surface area contributed by atoms with E-state index in [0.717, 1.165) is 22.0 Å². The van der Waals surface area contributed by atoms with Gasteiger partial charge in [0, 0.05) is 17.5 Å². The minimum atomic E-state index is -1.08. The smallest absolute Gasteiger partial charge is 0.410 e. The molecular weight excluding hydrogens is 436 g/mol. The van der Waals surface area contributed by atoms with E-state index in [2.05, 4.69) is 4.98 Å². The molecule has 0 aliphatic rings. The number of amides is 1. The zero-order valence-corrected chi connectivity index (χ0v) is 19.4. The molecule has 8 nitrogen and oxygen atoms in total. The van der Waals surface area contributed by atoms with E-state index in [1.807, 2.05) is 37.3 Å². The lowest BCUT2D eigenvalue weighted by molar-refractivity contribution is -0.144. The molecule has 0 saturated heterocycles. The average molecular weight is 465 g/mol. The number of nitrogens with zero attached hydrogens (tertiary/aromatic N) is 2. The third kappa shape index (κ3) is 5.70. The molecule has 0 fully saturated rings. The molecule has 3 aromatic rings. The minimum absolute atomic E-state index is 0.0893. The van der Waals surface area contributed by atoms with E-state index in [4.69, 9.17) is 9.84 Å². The quantitative estimate of drug-likeness (QED) is 0.455. The summed E-state index contributed by atoms with van der Waals surface area (Å²) in [5.74, 6) is -2.37. The molecule has 1 unspecified atom stereocenters. The second-order valence-electron chi connectivity index (χ2n) is 8.38. The summed E-state index contributed by atoms with van der Waals surface area (Å²) < 4.78 is 5.26. The molecule has 0 bridgehead atoms. The first-order valence-corrected chi connectivity index (χ1v) is 11.1. The Bertz CT molecular complexity index is 1190. The van der Waals surface area contributed by atoms with Gasteiger partial charge in [-0.05, 0) is 48.2 Å². The van der Waals surface area contributed by atoms with Crippen molar-refractivity contribution >= 4 is 28.9 Å². The zero-order chi connectivity index (χ0) is 24.8. The third-order valence-corrected chi connectivity index (χ3v) is 5.42. The number of rotatable bonds is 9. The van der Waals surface area contributed by atoms with E-state index in [1.54, 1.807) is 26.0 Å². The minimum Gasteiger partial charge on any atom is -0.480 e. The highest BCUT2D eigenvalue weighted by atomic mass is 16.6. The molecular formula is C26H28N2O6. The van der Waals surface area contributed by atoms with Crippen LogP contribution in [0, 0.1) is 5.92 Å². The molecule has 2 aromatic carbocycles. The second-order valence-corrected chi connectivity index (χ2v) is 8.38. The van der Waals surface area contributed by atoms with Crippen molar-refractivity contribution in [2.75, 3.05) is 6.61 Å². The Balaban J connectivity index is 1.89. The Labute approximate surface area is 197 Å². The lowest BCUT2D eigenvalue weighted by Gasteiger charge is -2.30. The van der Waals surface area contributed by atoms with Crippen molar-refractivity contribution in [2.24, 2.45) is 5.92 Å². The highest BCUT2D eigenvalue weighted by Crippen LogP contribution is 2.24. The number of benzene rings is 2. The molecule has 2 N–H and O–H groups in total. The van der Waals surface area contributed by atoms with Crippen LogP contribution in [0.2, 0.25) is 0 Å². The van der Waals surface area contributed by atoms with Gasteiger partial charge in [-0.2, -0.15) is 0 Å². The van der Waals surface area contributed by atoms with Crippen LogP contribution in [0.5, 0.6) is 0 Å². The Morgan fingerprint density at radius 1 is 1.00 bits per heavy atom. The van der Waals surface area contributed by atoms with E-state index in [1.165, 1.54) is 17.0 Å². The number of carbonyl (C=O) groups is 3. The number of aliphatic carboxylic acids is 1. The molecule has 0 aliphatic heterocycles. The van der Waals surface area contributed by atoms with Gasteiger partial charge < -0.3 is 14.9 Å². The summed E-state index contributed by atoms with van der Waals surface area (Å²) in [7, 11) is 0. The molecule has 1 amide bonds. The highest BCUT2D eigenvalue weighted by molar-refractivity contribution is 5.88. The van der Waals surface area contributed by atoms with Crippen molar-refractivity contribution in [3.63, 3.8) is 0 Å². The molecule has 1 heterocycles. The summed E-state index contributed by atoms with van der Waals surface area (Å²) in [6.45, 7) is 5.70. The van der Waals surface area contributed by atoms with Crippen molar-refractivity contribution in [2.45, 2.75) is 39.8 Å². The van der Waals surface area contributed by atoms with Gasteiger partial charge in [-0.25, -0.2) is 19.4 Å². The second kappa shape index (κ2) is 10.8. The fraction of sp³-hybridized carbons (Fsp3) is 0.308. The SMILES string of the molecule is CCCOC(=O)N(Cc1ccc2nc(-c3ccc(C(=O)O)cc3)ccc2c1)C(C(=O)O)C(C)C. The van der Waals surface area contributed by atoms with Gasteiger partial charge >= 0.3 is 18.0 Å². The number of carbonyl (C=O) groups excluding carboxylic acids is 1. The van der Waals surface area contributed by atoms with Gasteiger partial charge in [0.05, 0.1) is 23.4 Å². The number of hydrogen-bond donors (Lipinski definition) is 2. The van der Waals surface area contributed by atoms with Gasteiger partial charge in [0.2, 0.25) is 0 Å². The number of pyridine rings is 1. The van der Waals surface area contributed by atoms with Crippen LogP contribution in [0.15, 0.2) is 54.6 Å². The summed E-state index contributed by atoms with van der Waals surface area (Å²) >= 11 is 0. The first kappa shape index (κ1) is 24.7. The molecule has 0 spiro atoms. The van der Waals surface area contributed by atoms with Crippen LogP contribution < -0.4 is 0 Å². The maximum absolute atomic E-state index is 12.7. The van der Waals surface area contributed by atoms with Crippen LogP contribution in [0.25, 0.3) is 22.2 Å². The predicted molar refractivity (Wildman–Crippen MR) is 128 cm³/mol. The average Bonchev–Trinajstić information content (AvgIpc) is 2.81. The van der Waals surface area contributed by atoms with E-state index >= 15 is 0 Å². The Kier molecular flexibility index (Phi) is 7.83. The maximum atomic E-state index is 12.7. The summed E-state index contributed by atoms with van der Waals surface area (Å²) in [6, 6.07) is 14.7. The van der Waals surface area contributed by atoms with Crippen molar-refractivity contribution in [1.29, 1.82) is 0 Å².